The molecule has 3 aromatic heterocycles. The molecule has 1 saturated heterocycles. The summed E-state index contributed by atoms with van der Waals surface area (Å²) >= 11 is 0. The number of carbonyl (C=O) groups is 1. The van der Waals surface area contributed by atoms with Gasteiger partial charge in [-0.25, -0.2) is 19.3 Å². The van der Waals surface area contributed by atoms with Crippen molar-refractivity contribution in [2.45, 2.75) is 13.0 Å². The van der Waals surface area contributed by atoms with Crippen molar-refractivity contribution in [1.82, 2.24) is 35.3 Å². The Morgan fingerprint density at radius 3 is 2.80 bits per heavy atom. The maximum absolute atomic E-state index is 13.8. The van der Waals surface area contributed by atoms with Gasteiger partial charge in [0.2, 0.25) is 5.91 Å². The number of fused-ring (bicyclic) bond motifs is 2. The van der Waals surface area contributed by atoms with E-state index in [2.05, 4.69) is 37.3 Å². The normalized spacial score (nSPS) is 15.4. The molecule has 2 aromatic carbocycles. The van der Waals surface area contributed by atoms with E-state index in [9.17, 15) is 9.18 Å². The highest BCUT2D eigenvalue weighted by molar-refractivity contribution is 5.89. The van der Waals surface area contributed by atoms with Gasteiger partial charge in [-0.15, -0.1) is 0 Å². The Kier molecular flexibility index (Phi) is 6.64. The number of H-pyrrole nitrogens is 1. The molecule has 202 valence electrons. The number of hydrogen-bond acceptors (Lipinski definition) is 9. The van der Waals surface area contributed by atoms with Crippen LogP contribution in [0, 0.1) is 6.92 Å². The number of anilines is 3. The number of carbonyl (C=O) groups excluding carboxylic acids is 1. The lowest BCUT2D eigenvalue weighted by Gasteiger charge is -2.40. The van der Waals surface area contributed by atoms with Gasteiger partial charge >= 0.3 is 0 Å². The average molecular weight is 540 g/mol. The third-order valence-corrected chi connectivity index (χ3v) is 6.86. The number of benzene rings is 2. The van der Waals surface area contributed by atoms with Gasteiger partial charge in [0.15, 0.2) is 5.82 Å². The number of aromatic amines is 1. The third kappa shape index (κ3) is 4.86. The monoisotopic (exact) mass is 539 g/mol. The van der Waals surface area contributed by atoms with E-state index in [1.54, 1.807) is 0 Å². The Labute approximate surface area is 228 Å². The molecule has 2 N–H and O–H groups in total. The zero-order valence-electron chi connectivity index (χ0n) is 21.7. The Morgan fingerprint density at radius 2 is 1.98 bits per heavy atom. The summed E-state index contributed by atoms with van der Waals surface area (Å²) in [6.45, 7) is 6.07. The quantitative estimate of drug-likeness (QED) is 0.291. The summed E-state index contributed by atoms with van der Waals surface area (Å²) in [5, 5.41) is 14.1. The predicted molar refractivity (Wildman–Crippen MR) is 150 cm³/mol. The molecule has 1 aliphatic rings. The Balaban J connectivity index is 1.22. The van der Waals surface area contributed by atoms with Crippen LogP contribution < -0.4 is 15.0 Å². The first-order chi connectivity index (χ1) is 19.5. The van der Waals surface area contributed by atoms with Gasteiger partial charge in [-0.3, -0.25) is 4.79 Å². The van der Waals surface area contributed by atoms with Crippen molar-refractivity contribution in [3.63, 3.8) is 0 Å². The second kappa shape index (κ2) is 10.6. The Bertz CT molecular complexity index is 1720. The molecule has 40 heavy (non-hydrogen) atoms. The molecule has 1 amide bonds. The first-order valence-electron chi connectivity index (χ1n) is 12.7. The minimum absolute atomic E-state index is 0.267. The summed E-state index contributed by atoms with van der Waals surface area (Å²) in [5.41, 5.74) is 4.47. The molecule has 0 saturated carbocycles. The van der Waals surface area contributed by atoms with E-state index in [0.717, 1.165) is 22.3 Å². The van der Waals surface area contributed by atoms with Crippen molar-refractivity contribution in [3.05, 3.63) is 73.1 Å². The van der Waals surface area contributed by atoms with Gasteiger partial charge in [-0.1, -0.05) is 6.58 Å². The number of hydrogen-bond donors (Lipinski definition) is 2. The van der Waals surface area contributed by atoms with Crippen LogP contribution in [0.1, 0.15) is 5.56 Å². The van der Waals surface area contributed by atoms with Gasteiger partial charge in [0, 0.05) is 31.4 Å². The highest BCUT2D eigenvalue weighted by atomic mass is 19.1. The fraction of sp³-hybridized carbons (Fsp3) is 0.214. The summed E-state index contributed by atoms with van der Waals surface area (Å²) in [7, 11) is 0. The van der Waals surface area contributed by atoms with Crippen LogP contribution in [0.5, 0.6) is 11.5 Å². The van der Waals surface area contributed by atoms with Gasteiger partial charge in [-0.2, -0.15) is 15.4 Å². The number of pyridine rings is 1. The molecule has 5 aromatic rings. The van der Waals surface area contributed by atoms with Crippen molar-refractivity contribution in [1.29, 1.82) is 0 Å². The maximum atomic E-state index is 13.8. The maximum Gasteiger partial charge on any atom is 0.246 e. The highest BCUT2D eigenvalue weighted by Gasteiger charge is 2.30. The number of halogens is 1. The fourth-order valence-corrected chi connectivity index (χ4v) is 4.79. The van der Waals surface area contributed by atoms with Gasteiger partial charge in [0.25, 0.3) is 0 Å². The summed E-state index contributed by atoms with van der Waals surface area (Å²) in [6.07, 6.45) is 2.70. The molecule has 1 fully saturated rings. The van der Waals surface area contributed by atoms with Crippen LogP contribution in [0.15, 0.2) is 67.5 Å². The summed E-state index contributed by atoms with van der Waals surface area (Å²) in [6, 6.07) is 14.4. The molecule has 4 heterocycles. The molecule has 11 nitrogen and oxygen atoms in total. The highest BCUT2D eigenvalue weighted by Crippen LogP contribution is 2.31. The van der Waals surface area contributed by atoms with Crippen molar-refractivity contribution in [2.24, 2.45) is 0 Å². The van der Waals surface area contributed by atoms with E-state index in [0.29, 0.717) is 53.8 Å². The minimum atomic E-state index is -0.645. The van der Waals surface area contributed by atoms with Crippen LogP contribution in [-0.2, 0) is 4.79 Å². The molecule has 0 spiro atoms. The number of aryl methyl sites for hydroxylation is 1. The number of piperazine rings is 1. The van der Waals surface area contributed by atoms with Gasteiger partial charge in [-0.05, 0) is 61.0 Å². The molecule has 6 rings (SSSR count). The molecule has 0 aliphatic carbocycles. The fourth-order valence-electron chi connectivity index (χ4n) is 4.79. The van der Waals surface area contributed by atoms with E-state index in [1.807, 2.05) is 60.4 Å². The molecule has 1 atom stereocenters. The first kappa shape index (κ1) is 25.2. The lowest BCUT2D eigenvalue weighted by atomic mass is 10.1. The Hall–Kier alpha value is -5.13. The van der Waals surface area contributed by atoms with Crippen LogP contribution in [0.3, 0.4) is 0 Å². The van der Waals surface area contributed by atoms with Gasteiger partial charge in [0.05, 0.1) is 11.6 Å². The Morgan fingerprint density at radius 1 is 1.12 bits per heavy atom. The number of nitrogens with one attached hydrogen (secondary N) is 2. The molecule has 1 aliphatic heterocycles. The molecule has 12 heteroatoms. The smallest absolute Gasteiger partial charge is 0.246 e. The van der Waals surface area contributed by atoms with E-state index in [-0.39, 0.29) is 5.91 Å². The lowest BCUT2D eigenvalue weighted by Crippen LogP contribution is -2.56. The minimum Gasteiger partial charge on any atom is -0.457 e. The predicted octanol–water partition coefficient (Wildman–Crippen LogP) is 4.31. The SMILES string of the molecule is C=CC(=O)N1CCN(c2ccc3ncnc(Nc4ccc(Oc5ccc6n[nH]nc6c5)c(C)c4)c3n2)CC1CF. The molecule has 1 unspecified atom stereocenters. The zero-order chi connectivity index (χ0) is 27.6. The summed E-state index contributed by atoms with van der Waals surface area (Å²) in [4.78, 5) is 29.2. The van der Waals surface area contributed by atoms with Crippen molar-refractivity contribution in [2.75, 3.05) is 36.5 Å². The van der Waals surface area contributed by atoms with Crippen molar-refractivity contribution in [3.8, 4) is 11.5 Å². The van der Waals surface area contributed by atoms with Crippen LogP contribution in [0.2, 0.25) is 0 Å². The summed E-state index contributed by atoms with van der Waals surface area (Å²) in [5.74, 6) is 2.31. The molecule has 0 bridgehead atoms. The summed E-state index contributed by atoms with van der Waals surface area (Å²) < 4.78 is 19.9. The molecular formula is C28H26FN9O2. The standard InChI is InChI=1S/C28H26FN9O2/c1-3-26(39)38-11-10-37(15-19(38)14-29)25-9-7-22-27(33-25)28(31-16-30-22)32-18-4-8-24(17(2)12-18)40-20-5-6-21-23(13-20)35-36-34-21/h3-9,12-13,16,19H,1,10-11,14-15H2,2H3,(H,30,31,32)(H,34,35,36). The van der Waals surface area contributed by atoms with E-state index in [4.69, 9.17) is 9.72 Å². The number of ether oxygens (including phenoxy) is 1. The van der Waals surface area contributed by atoms with Crippen molar-refractivity contribution >= 4 is 45.3 Å². The zero-order valence-corrected chi connectivity index (χ0v) is 21.7. The number of amides is 1. The second-order valence-electron chi connectivity index (χ2n) is 9.43. The van der Waals surface area contributed by atoms with Gasteiger partial charge in [0.1, 0.15) is 46.9 Å². The molecule has 0 radical (unpaired) electrons. The third-order valence-electron chi connectivity index (χ3n) is 6.86. The topological polar surface area (TPSA) is 125 Å². The van der Waals surface area contributed by atoms with E-state index < -0.39 is 12.7 Å². The number of aromatic nitrogens is 6. The van der Waals surface area contributed by atoms with Crippen LogP contribution >= 0.6 is 0 Å². The van der Waals surface area contributed by atoms with Crippen LogP contribution in [0.4, 0.5) is 21.7 Å². The lowest BCUT2D eigenvalue weighted by molar-refractivity contribution is -0.129. The molecular weight excluding hydrogens is 513 g/mol. The number of alkyl halides is 1. The largest absolute Gasteiger partial charge is 0.457 e. The van der Waals surface area contributed by atoms with Crippen molar-refractivity contribution < 1.29 is 13.9 Å². The average Bonchev–Trinajstić information content (AvgIpc) is 3.46. The van der Waals surface area contributed by atoms with E-state index in [1.165, 1.54) is 17.3 Å². The van der Waals surface area contributed by atoms with Crippen LogP contribution in [0.25, 0.3) is 22.1 Å². The van der Waals surface area contributed by atoms with E-state index >= 15 is 0 Å². The second-order valence-corrected chi connectivity index (χ2v) is 9.43. The number of rotatable bonds is 7. The van der Waals surface area contributed by atoms with Gasteiger partial charge < -0.3 is 19.9 Å². The number of nitrogens with zero attached hydrogens (tertiary/aromatic N) is 7. The van der Waals surface area contributed by atoms with Crippen LogP contribution in [-0.4, -0.2) is 73.5 Å². The first-order valence-corrected chi connectivity index (χ1v) is 12.7.